The smallest absolute Gasteiger partial charge is 0.310 e. The quantitative estimate of drug-likeness (QED) is 0.846. The Morgan fingerprint density at radius 2 is 2.10 bits per heavy atom. The maximum atomic E-state index is 13.4. The average Bonchev–Trinajstić information content (AvgIpc) is 2.82. The molecule has 1 aromatic rings. The van der Waals surface area contributed by atoms with Gasteiger partial charge in [0.15, 0.2) is 11.6 Å². The first-order valence-electron chi connectivity index (χ1n) is 6.89. The Balaban J connectivity index is 1.96. The maximum Gasteiger partial charge on any atom is 0.310 e. The highest BCUT2D eigenvalue weighted by atomic mass is 19.2. The Hall–Kier alpha value is -1.49. The van der Waals surface area contributed by atoms with Crippen LogP contribution in [-0.4, -0.2) is 25.2 Å². The lowest BCUT2D eigenvalue weighted by Crippen LogP contribution is -2.48. The van der Waals surface area contributed by atoms with Crippen LogP contribution < -0.4 is 5.32 Å². The molecule has 2 bridgehead atoms. The molecule has 20 heavy (non-hydrogen) atoms. The summed E-state index contributed by atoms with van der Waals surface area (Å²) in [6, 6.07) is 4.33. The van der Waals surface area contributed by atoms with Crippen LogP contribution in [-0.2, 0) is 9.53 Å². The molecule has 4 atom stereocenters. The molecule has 1 N–H and O–H groups in total. The molecule has 3 rings (SSSR count). The third-order valence-electron chi connectivity index (χ3n) is 4.53. The van der Waals surface area contributed by atoms with Crippen molar-refractivity contribution in [1.82, 2.24) is 5.32 Å². The molecule has 2 aliphatic heterocycles. The van der Waals surface area contributed by atoms with Gasteiger partial charge in [0.1, 0.15) is 0 Å². The van der Waals surface area contributed by atoms with Gasteiger partial charge >= 0.3 is 5.97 Å². The van der Waals surface area contributed by atoms with Gasteiger partial charge in [-0.25, -0.2) is 8.78 Å². The van der Waals surface area contributed by atoms with Crippen LogP contribution in [0.5, 0.6) is 0 Å². The van der Waals surface area contributed by atoms with Gasteiger partial charge < -0.3 is 10.1 Å². The van der Waals surface area contributed by atoms with Crippen molar-refractivity contribution in [3.05, 3.63) is 35.4 Å². The lowest BCUT2D eigenvalue weighted by atomic mass is 9.77. The molecule has 0 radical (unpaired) electrons. The van der Waals surface area contributed by atoms with Gasteiger partial charge in [0, 0.05) is 18.0 Å². The van der Waals surface area contributed by atoms with Crippen LogP contribution in [0.2, 0.25) is 0 Å². The minimum Gasteiger partial charge on any atom is -0.469 e. The second-order valence-electron chi connectivity index (χ2n) is 5.61. The van der Waals surface area contributed by atoms with Gasteiger partial charge in [-0.05, 0) is 37.0 Å². The molecular weight excluding hydrogens is 264 g/mol. The topological polar surface area (TPSA) is 38.3 Å². The van der Waals surface area contributed by atoms with Crippen molar-refractivity contribution in [3.63, 3.8) is 0 Å². The van der Waals surface area contributed by atoms with E-state index in [0.717, 1.165) is 25.3 Å². The fourth-order valence-electron chi connectivity index (χ4n) is 3.60. The summed E-state index contributed by atoms with van der Waals surface area (Å²) in [5.74, 6) is -2.45. The van der Waals surface area contributed by atoms with Crippen molar-refractivity contribution < 1.29 is 18.3 Å². The van der Waals surface area contributed by atoms with Crippen LogP contribution in [0.25, 0.3) is 0 Å². The van der Waals surface area contributed by atoms with Crippen molar-refractivity contribution in [2.45, 2.75) is 37.3 Å². The number of fused-ring (bicyclic) bond motifs is 2. The summed E-state index contributed by atoms with van der Waals surface area (Å²) in [6.07, 6.45) is 2.68. The Bertz CT molecular complexity index is 535. The van der Waals surface area contributed by atoms with E-state index >= 15 is 0 Å². The van der Waals surface area contributed by atoms with E-state index in [1.165, 1.54) is 13.2 Å². The number of hydrogen-bond donors (Lipinski definition) is 1. The fourth-order valence-corrected chi connectivity index (χ4v) is 3.60. The van der Waals surface area contributed by atoms with Crippen LogP contribution in [0.4, 0.5) is 8.78 Å². The SMILES string of the molecule is COC(=O)[C@@H]1[C@H]2CC[C@@H](C[C@H]1c1ccc(F)c(F)c1)N2. The number of methoxy groups -OCH3 is 1. The Morgan fingerprint density at radius 3 is 2.80 bits per heavy atom. The molecule has 0 saturated carbocycles. The summed E-state index contributed by atoms with van der Waals surface area (Å²) in [7, 11) is 1.37. The van der Waals surface area contributed by atoms with E-state index in [1.54, 1.807) is 6.07 Å². The molecule has 1 aromatic carbocycles. The highest BCUT2D eigenvalue weighted by Crippen LogP contribution is 2.42. The van der Waals surface area contributed by atoms with E-state index < -0.39 is 11.6 Å². The van der Waals surface area contributed by atoms with Gasteiger partial charge in [0.05, 0.1) is 13.0 Å². The van der Waals surface area contributed by atoms with Crippen molar-refractivity contribution in [2.75, 3.05) is 7.11 Å². The second kappa shape index (κ2) is 5.13. The van der Waals surface area contributed by atoms with Gasteiger partial charge in [0.25, 0.3) is 0 Å². The fraction of sp³-hybridized carbons (Fsp3) is 0.533. The lowest BCUT2D eigenvalue weighted by Gasteiger charge is -2.36. The van der Waals surface area contributed by atoms with E-state index in [1.807, 2.05) is 0 Å². The first-order valence-corrected chi connectivity index (χ1v) is 6.89. The average molecular weight is 281 g/mol. The number of benzene rings is 1. The molecule has 0 amide bonds. The molecule has 108 valence electrons. The molecule has 2 fully saturated rings. The monoisotopic (exact) mass is 281 g/mol. The number of carbonyl (C=O) groups is 1. The molecule has 2 heterocycles. The normalized spacial score (nSPS) is 32.1. The zero-order valence-corrected chi connectivity index (χ0v) is 11.2. The van der Waals surface area contributed by atoms with Crippen molar-refractivity contribution in [1.29, 1.82) is 0 Å². The summed E-state index contributed by atoms with van der Waals surface area (Å²) in [5, 5.41) is 3.41. The molecule has 0 aromatic heterocycles. The van der Waals surface area contributed by atoms with Crippen LogP contribution in [0.15, 0.2) is 18.2 Å². The minimum atomic E-state index is -0.864. The van der Waals surface area contributed by atoms with E-state index in [4.69, 9.17) is 4.74 Å². The number of esters is 1. The zero-order valence-electron chi connectivity index (χ0n) is 11.2. The Labute approximate surface area is 116 Å². The van der Waals surface area contributed by atoms with Crippen molar-refractivity contribution >= 4 is 5.97 Å². The van der Waals surface area contributed by atoms with Crippen molar-refractivity contribution in [3.8, 4) is 0 Å². The van der Waals surface area contributed by atoms with Gasteiger partial charge in [-0.15, -0.1) is 0 Å². The molecule has 0 unspecified atom stereocenters. The van der Waals surface area contributed by atoms with E-state index in [0.29, 0.717) is 11.6 Å². The summed E-state index contributed by atoms with van der Waals surface area (Å²) in [6.45, 7) is 0. The third kappa shape index (κ3) is 2.20. The number of hydrogen-bond acceptors (Lipinski definition) is 3. The van der Waals surface area contributed by atoms with Crippen LogP contribution in [0.1, 0.15) is 30.7 Å². The Morgan fingerprint density at radius 1 is 1.30 bits per heavy atom. The van der Waals surface area contributed by atoms with Gasteiger partial charge in [-0.1, -0.05) is 6.07 Å². The van der Waals surface area contributed by atoms with E-state index in [9.17, 15) is 13.6 Å². The van der Waals surface area contributed by atoms with E-state index in [-0.39, 0.29) is 23.8 Å². The number of rotatable bonds is 2. The van der Waals surface area contributed by atoms with Gasteiger partial charge in [-0.3, -0.25) is 4.79 Å². The number of piperidine rings is 1. The van der Waals surface area contributed by atoms with Gasteiger partial charge in [-0.2, -0.15) is 0 Å². The largest absolute Gasteiger partial charge is 0.469 e. The summed E-state index contributed by atoms with van der Waals surface area (Å²) >= 11 is 0. The van der Waals surface area contributed by atoms with Gasteiger partial charge in [0.2, 0.25) is 0 Å². The summed E-state index contributed by atoms with van der Waals surface area (Å²) in [5.41, 5.74) is 0.678. The first-order chi connectivity index (χ1) is 9.60. The Kier molecular flexibility index (Phi) is 3.46. The summed E-state index contributed by atoms with van der Waals surface area (Å²) < 4.78 is 31.4. The predicted molar refractivity (Wildman–Crippen MR) is 69.2 cm³/mol. The first kappa shape index (κ1) is 13.5. The molecule has 2 saturated heterocycles. The molecule has 0 spiro atoms. The van der Waals surface area contributed by atoms with Crippen LogP contribution >= 0.6 is 0 Å². The van der Waals surface area contributed by atoms with Crippen molar-refractivity contribution in [2.24, 2.45) is 5.92 Å². The number of halogens is 2. The molecular formula is C15H17F2NO2. The maximum absolute atomic E-state index is 13.4. The number of nitrogens with one attached hydrogen (secondary N) is 1. The number of ether oxygens (including phenoxy) is 1. The molecule has 5 heteroatoms. The molecule has 0 aliphatic carbocycles. The lowest BCUT2D eigenvalue weighted by molar-refractivity contribution is -0.148. The second-order valence-corrected chi connectivity index (χ2v) is 5.61. The van der Waals surface area contributed by atoms with Crippen LogP contribution in [0.3, 0.4) is 0 Å². The highest BCUT2D eigenvalue weighted by molar-refractivity contribution is 5.75. The standard InChI is InChI=1S/C15H17F2NO2/c1-20-15(19)14-10(7-9-3-5-13(14)18-9)8-2-4-11(16)12(17)6-8/h2,4,6,9-10,13-14,18H,3,5,7H2,1H3/t9-,10-,13+,14-/m0/s1. The predicted octanol–water partition coefficient (Wildman–Crippen LogP) is 2.36. The van der Waals surface area contributed by atoms with Crippen LogP contribution in [0, 0.1) is 17.6 Å². The van der Waals surface area contributed by atoms with E-state index in [2.05, 4.69) is 5.32 Å². The highest BCUT2D eigenvalue weighted by Gasteiger charge is 2.46. The number of carbonyl (C=O) groups excluding carboxylic acids is 1. The molecule has 2 aliphatic rings. The molecule has 3 nitrogen and oxygen atoms in total. The summed E-state index contributed by atoms with van der Waals surface area (Å²) in [4.78, 5) is 12.1. The zero-order chi connectivity index (χ0) is 14.3. The minimum absolute atomic E-state index is 0.0688. The third-order valence-corrected chi connectivity index (χ3v) is 4.53.